The van der Waals surface area contributed by atoms with Gasteiger partial charge in [0.15, 0.2) is 11.6 Å². The highest BCUT2D eigenvalue weighted by atomic mass is 32.1. The Kier molecular flexibility index (Phi) is 7.29. The summed E-state index contributed by atoms with van der Waals surface area (Å²) >= 11 is 4.43. The van der Waals surface area contributed by atoms with E-state index in [9.17, 15) is 9.18 Å². The Morgan fingerprint density at radius 2 is 1.97 bits per heavy atom. The van der Waals surface area contributed by atoms with Gasteiger partial charge in [-0.05, 0) is 62.3 Å². The second-order valence-corrected chi connectivity index (χ2v) is 10.5. The third kappa shape index (κ3) is 5.98. The van der Waals surface area contributed by atoms with E-state index in [0.29, 0.717) is 11.9 Å². The fourth-order valence-corrected chi connectivity index (χ4v) is 5.18. The molecular formula is C25H34FN7OS. The molecule has 3 fully saturated rings. The predicted molar refractivity (Wildman–Crippen MR) is 140 cm³/mol. The summed E-state index contributed by atoms with van der Waals surface area (Å²) in [6.07, 6.45) is 6.13. The molecule has 2 saturated carbocycles. The van der Waals surface area contributed by atoms with Crippen molar-refractivity contribution in [3.8, 4) is 0 Å². The highest BCUT2D eigenvalue weighted by Gasteiger charge is 2.34. The van der Waals surface area contributed by atoms with Gasteiger partial charge in [-0.15, -0.1) is 0 Å². The minimum Gasteiger partial charge on any atom is -0.369 e. The summed E-state index contributed by atoms with van der Waals surface area (Å²) in [5.74, 6) is 0.458. The Labute approximate surface area is 211 Å². The first-order valence-electron chi connectivity index (χ1n) is 12.6. The van der Waals surface area contributed by atoms with Crippen LogP contribution < -0.4 is 20.9 Å². The van der Waals surface area contributed by atoms with E-state index in [2.05, 4.69) is 62.7 Å². The first kappa shape index (κ1) is 24.1. The van der Waals surface area contributed by atoms with Gasteiger partial charge in [0.05, 0.1) is 12.1 Å². The van der Waals surface area contributed by atoms with E-state index in [1.807, 2.05) is 10.4 Å². The molecule has 0 radical (unpaired) electrons. The van der Waals surface area contributed by atoms with Crippen molar-refractivity contribution in [1.29, 1.82) is 0 Å². The number of piperazine rings is 1. The lowest BCUT2D eigenvalue weighted by Crippen LogP contribution is -2.42. The van der Waals surface area contributed by atoms with Gasteiger partial charge in [-0.3, -0.25) is 4.79 Å². The van der Waals surface area contributed by atoms with Crippen LogP contribution in [0.2, 0.25) is 0 Å². The maximum Gasteiger partial charge on any atom is 0.229 e. The molecule has 0 spiro atoms. The number of aromatic nitrogens is 2. The number of hydrogen-bond acceptors (Lipinski definition) is 8. The number of carbonyl (C=O) groups excluding carboxylic acids is 1. The van der Waals surface area contributed by atoms with Gasteiger partial charge in [0, 0.05) is 50.1 Å². The standard InChI is InChI=1S/C25H34FN7OS/c1-16-13-18(7-8-22(16)32-9-11-33(35)12-10-32)29-25-28-15-20(26)23(31-25)30-21-4-2-3-19(21)24(34)27-14-17-5-6-17/h7-8,13,15,17,19,21,35H,2-6,9-12,14H2,1H3,(H,27,34)(H2,28,29,30,31). The minimum atomic E-state index is -0.519. The monoisotopic (exact) mass is 499 g/mol. The fourth-order valence-electron chi connectivity index (χ4n) is 5.00. The molecule has 3 N–H and O–H groups in total. The van der Waals surface area contributed by atoms with Crippen molar-refractivity contribution in [2.75, 3.05) is 48.3 Å². The molecule has 1 aromatic carbocycles. The summed E-state index contributed by atoms with van der Waals surface area (Å²) in [6.45, 7) is 6.56. The Morgan fingerprint density at radius 1 is 1.17 bits per heavy atom. The van der Waals surface area contributed by atoms with Gasteiger partial charge in [0.2, 0.25) is 11.9 Å². The molecule has 5 rings (SSSR count). The molecule has 1 aromatic heterocycles. The van der Waals surface area contributed by atoms with Gasteiger partial charge >= 0.3 is 0 Å². The molecule has 2 aromatic rings. The van der Waals surface area contributed by atoms with Crippen LogP contribution in [0.5, 0.6) is 0 Å². The maximum atomic E-state index is 14.6. The topological polar surface area (TPSA) is 85.4 Å². The van der Waals surface area contributed by atoms with Crippen LogP contribution in [0, 0.1) is 24.6 Å². The van der Waals surface area contributed by atoms with Crippen LogP contribution in [0.15, 0.2) is 24.4 Å². The number of amides is 1. The smallest absolute Gasteiger partial charge is 0.229 e. The number of nitrogens with one attached hydrogen (secondary N) is 3. The number of thiol groups is 1. The van der Waals surface area contributed by atoms with E-state index in [1.165, 1.54) is 24.7 Å². The molecule has 2 aliphatic carbocycles. The van der Waals surface area contributed by atoms with Crippen molar-refractivity contribution in [1.82, 2.24) is 19.6 Å². The number of anilines is 4. The summed E-state index contributed by atoms with van der Waals surface area (Å²) in [4.78, 5) is 23.5. The Bertz CT molecular complexity index is 1060. The normalized spacial score (nSPS) is 22.8. The molecule has 8 nitrogen and oxygen atoms in total. The quantitative estimate of drug-likeness (QED) is 0.412. The van der Waals surface area contributed by atoms with E-state index >= 15 is 0 Å². The second kappa shape index (κ2) is 10.6. The van der Waals surface area contributed by atoms with Gasteiger partial charge in [-0.25, -0.2) is 13.7 Å². The third-order valence-electron chi connectivity index (χ3n) is 7.23. The molecule has 188 valence electrons. The molecular weight excluding hydrogens is 465 g/mol. The van der Waals surface area contributed by atoms with E-state index in [4.69, 9.17) is 0 Å². The Hall–Kier alpha value is -2.59. The largest absolute Gasteiger partial charge is 0.369 e. The molecule has 2 atom stereocenters. The first-order valence-corrected chi connectivity index (χ1v) is 13.0. The average Bonchev–Trinajstić information content (AvgIpc) is 3.57. The summed E-state index contributed by atoms with van der Waals surface area (Å²) in [5, 5.41) is 9.46. The molecule has 2 unspecified atom stereocenters. The lowest BCUT2D eigenvalue weighted by atomic mass is 10.0. The molecule has 0 bridgehead atoms. The van der Waals surface area contributed by atoms with Crippen molar-refractivity contribution in [3.63, 3.8) is 0 Å². The highest BCUT2D eigenvalue weighted by molar-refractivity contribution is 7.77. The highest BCUT2D eigenvalue weighted by Crippen LogP contribution is 2.31. The van der Waals surface area contributed by atoms with Crippen molar-refractivity contribution < 1.29 is 9.18 Å². The van der Waals surface area contributed by atoms with Crippen LogP contribution in [-0.2, 0) is 4.79 Å². The molecule has 1 aliphatic heterocycles. The number of carbonyl (C=O) groups is 1. The lowest BCUT2D eigenvalue weighted by molar-refractivity contribution is -0.125. The van der Waals surface area contributed by atoms with Crippen molar-refractivity contribution in [2.24, 2.45) is 11.8 Å². The summed E-state index contributed by atoms with van der Waals surface area (Å²) in [6, 6.07) is 6.01. The van der Waals surface area contributed by atoms with Crippen LogP contribution in [0.4, 0.5) is 27.5 Å². The van der Waals surface area contributed by atoms with E-state index in [1.54, 1.807) is 0 Å². The minimum absolute atomic E-state index is 0.0612. The summed E-state index contributed by atoms with van der Waals surface area (Å²) in [5.41, 5.74) is 3.19. The number of aryl methyl sites for hydroxylation is 1. The zero-order valence-electron chi connectivity index (χ0n) is 20.1. The van der Waals surface area contributed by atoms with Gasteiger partial charge in [-0.2, -0.15) is 4.98 Å². The van der Waals surface area contributed by atoms with Crippen LogP contribution in [-0.4, -0.2) is 58.9 Å². The first-order chi connectivity index (χ1) is 17.0. The van der Waals surface area contributed by atoms with Crippen LogP contribution in [0.3, 0.4) is 0 Å². The zero-order chi connectivity index (χ0) is 24.4. The number of hydrogen-bond donors (Lipinski definition) is 4. The number of benzene rings is 1. The van der Waals surface area contributed by atoms with Gasteiger partial charge in [-0.1, -0.05) is 19.2 Å². The molecule has 35 heavy (non-hydrogen) atoms. The molecule has 1 saturated heterocycles. The Balaban J connectivity index is 1.23. The average molecular weight is 500 g/mol. The summed E-state index contributed by atoms with van der Waals surface area (Å²) in [7, 11) is 0. The lowest BCUT2D eigenvalue weighted by Gasteiger charge is -2.34. The van der Waals surface area contributed by atoms with Crippen molar-refractivity contribution in [3.05, 3.63) is 35.8 Å². The third-order valence-corrected chi connectivity index (χ3v) is 7.63. The molecule has 3 aliphatic rings. The van der Waals surface area contributed by atoms with Gasteiger partial charge in [0.25, 0.3) is 0 Å². The number of nitrogens with zero attached hydrogens (tertiary/aromatic N) is 4. The van der Waals surface area contributed by atoms with E-state index in [0.717, 1.165) is 63.2 Å². The summed E-state index contributed by atoms with van der Waals surface area (Å²) < 4.78 is 16.6. The fraction of sp³-hybridized carbons (Fsp3) is 0.560. The second-order valence-electron chi connectivity index (χ2n) is 9.93. The van der Waals surface area contributed by atoms with E-state index < -0.39 is 5.82 Å². The maximum absolute atomic E-state index is 14.6. The molecule has 10 heteroatoms. The number of halogens is 1. The van der Waals surface area contributed by atoms with Gasteiger partial charge in [0.1, 0.15) is 0 Å². The van der Waals surface area contributed by atoms with Crippen LogP contribution in [0.1, 0.15) is 37.7 Å². The number of rotatable bonds is 8. The molecule has 2 heterocycles. The van der Waals surface area contributed by atoms with Gasteiger partial charge < -0.3 is 20.9 Å². The SMILES string of the molecule is Cc1cc(Nc2ncc(F)c(NC3CCCC3C(=O)NCC3CC3)n2)ccc1N1CCN(S)CC1. The molecule has 1 amide bonds. The zero-order valence-corrected chi connectivity index (χ0v) is 21.0. The van der Waals surface area contributed by atoms with Crippen LogP contribution >= 0.6 is 12.8 Å². The van der Waals surface area contributed by atoms with Crippen LogP contribution in [0.25, 0.3) is 0 Å². The van der Waals surface area contributed by atoms with Crippen molar-refractivity contribution in [2.45, 2.75) is 45.1 Å². The van der Waals surface area contributed by atoms with Crippen molar-refractivity contribution >= 4 is 41.9 Å². The van der Waals surface area contributed by atoms with E-state index in [-0.39, 0.29) is 23.7 Å². The Morgan fingerprint density at radius 3 is 2.71 bits per heavy atom. The predicted octanol–water partition coefficient (Wildman–Crippen LogP) is 3.74.